The van der Waals surface area contributed by atoms with Gasteiger partial charge in [0.25, 0.3) is 0 Å². The largest absolute Gasteiger partial charge is 0.384 e. The predicted octanol–water partition coefficient (Wildman–Crippen LogP) is 3.41. The average Bonchev–Trinajstić information content (AvgIpc) is 2.33. The van der Waals surface area contributed by atoms with Gasteiger partial charge in [0.1, 0.15) is 23.1 Å². The number of hydrogen-bond acceptors (Lipinski definition) is 4. The third-order valence-corrected chi connectivity index (χ3v) is 2.83. The highest BCUT2D eigenvalue weighted by Gasteiger charge is 2.12. The fourth-order valence-electron chi connectivity index (χ4n) is 1.53. The summed E-state index contributed by atoms with van der Waals surface area (Å²) in [6.45, 7) is 1.86. The van der Waals surface area contributed by atoms with Gasteiger partial charge < -0.3 is 11.1 Å². The molecule has 0 amide bonds. The second-order valence-electron chi connectivity index (χ2n) is 3.82. The lowest BCUT2D eigenvalue weighted by molar-refractivity contribution is 0.589. The summed E-state index contributed by atoms with van der Waals surface area (Å²) >= 11 is 3.01. The van der Waals surface area contributed by atoms with E-state index in [0.717, 1.165) is 12.1 Å². The van der Waals surface area contributed by atoms with Gasteiger partial charge in [-0.15, -0.1) is 0 Å². The molecule has 0 aliphatic heterocycles. The molecule has 0 spiro atoms. The predicted molar refractivity (Wildman–Crippen MR) is 73.2 cm³/mol. The Labute approximate surface area is 117 Å². The Morgan fingerprint density at radius 1 is 1.21 bits per heavy atom. The molecule has 19 heavy (non-hydrogen) atoms. The van der Waals surface area contributed by atoms with Crippen LogP contribution in [0.4, 0.5) is 26.1 Å². The van der Waals surface area contributed by atoms with Gasteiger partial charge in [0.2, 0.25) is 0 Å². The summed E-state index contributed by atoms with van der Waals surface area (Å²) in [6, 6.07) is 3.74. The topological polar surface area (TPSA) is 63.8 Å². The summed E-state index contributed by atoms with van der Waals surface area (Å²) < 4.78 is 27.7. The molecule has 3 N–H and O–H groups in total. The van der Waals surface area contributed by atoms with Gasteiger partial charge in [-0.1, -0.05) is 22.9 Å². The summed E-state index contributed by atoms with van der Waals surface area (Å²) in [7, 11) is 0. The van der Waals surface area contributed by atoms with E-state index in [4.69, 9.17) is 5.73 Å². The molecule has 0 fully saturated rings. The van der Waals surface area contributed by atoms with E-state index in [1.165, 1.54) is 6.07 Å². The van der Waals surface area contributed by atoms with Crippen molar-refractivity contribution in [2.45, 2.75) is 13.3 Å². The summed E-state index contributed by atoms with van der Waals surface area (Å²) in [5, 5.41) is 2.58. The average molecular weight is 329 g/mol. The number of nitrogens with two attached hydrogens (primary N) is 1. The van der Waals surface area contributed by atoms with E-state index >= 15 is 0 Å². The number of nitrogen functional groups attached to an aromatic ring is 1. The first-order valence-corrected chi connectivity index (χ1v) is 6.34. The number of hydrogen-bond donors (Lipinski definition) is 2. The zero-order chi connectivity index (χ0) is 14.0. The number of aryl methyl sites for hydroxylation is 1. The standard InChI is InChI=1S/C12H11BrF2N4/c1-2-10-17-9(16)5-11(18-10)19-12-7(14)3-6(13)4-8(12)15/h3-5H,2H2,1H3,(H3,16,17,18,19). The molecular formula is C12H11BrF2N4. The highest BCUT2D eigenvalue weighted by molar-refractivity contribution is 9.10. The molecule has 100 valence electrons. The van der Waals surface area contributed by atoms with E-state index < -0.39 is 11.6 Å². The van der Waals surface area contributed by atoms with Crippen LogP contribution in [0.5, 0.6) is 0 Å². The van der Waals surface area contributed by atoms with Crippen molar-refractivity contribution in [3.05, 3.63) is 40.1 Å². The molecule has 0 atom stereocenters. The highest BCUT2D eigenvalue weighted by atomic mass is 79.9. The van der Waals surface area contributed by atoms with Crippen molar-refractivity contribution in [2.24, 2.45) is 0 Å². The number of aromatic nitrogens is 2. The normalized spacial score (nSPS) is 10.5. The molecule has 0 unspecified atom stereocenters. The molecule has 1 aromatic carbocycles. The van der Waals surface area contributed by atoms with Crippen LogP contribution in [0.25, 0.3) is 0 Å². The molecule has 0 aliphatic rings. The van der Waals surface area contributed by atoms with Crippen molar-refractivity contribution in [2.75, 3.05) is 11.1 Å². The maximum Gasteiger partial charge on any atom is 0.150 e. The fraction of sp³-hybridized carbons (Fsp3) is 0.167. The third kappa shape index (κ3) is 3.17. The van der Waals surface area contributed by atoms with Gasteiger partial charge in [-0.05, 0) is 12.1 Å². The highest BCUT2D eigenvalue weighted by Crippen LogP contribution is 2.26. The van der Waals surface area contributed by atoms with E-state index in [1.54, 1.807) is 0 Å². The van der Waals surface area contributed by atoms with E-state index in [2.05, 4.69) is 31.2 Å². The SMILES string of the molecule is CCc1nc(N)cc(Nc2c(F)cc(Br)cc2F)n1. The molecule has 0 radical (unpaired) electrons. The first-order valence-electron chi connectivity index (χ1n) is 5.54. The van der Waals surface area contributed by atoms with Gasteiger partial charge in [-0.3, -0.25) is 0 Å². The van der Waals surface area contributed by atoms with Gasteiger partial charge in [0.15, 0.2) is 11.6 Å². The van der Waals surface area contributed by atoms with Crippen LogP contribution < -0.4 is 11.1 Å². The maximum atomic E-state index is 13.7. The van der Waals surface area contributed by atoms with Gasteiger partial charge >= 0.3 is 0 Å². The zero-order valence-corrected chi connectivity index (χ0v) is 11.6. The van der Waals surface area contributed by atoms with E-state index in [9.17, 15) is 8.78 Å². The van der Waals surface area contributed by atoms with Crippen molar-refractivity contribution in [1.29, 1.82) is 0 Å². The van der Waals surface area contributed by atoms with Crippen LogP contribution >= 0.6 is 15.9 Å². The minimum absolute atomic E-state index is 0.243. The van der Waals surface area contributed by atoms with E-state index in [1.807, 2.05) is 6.92 Å². The molecule has 1 aromatic heterocycles. The van der Waals surface area contributed by atoms with Crippen molar-refractivity contribution in [3.8, 4) is 0 Å². The Bertz CT molecular complexity index is 596. The van der Waals surface area contributed by atoms with E-state index in [-0.39, 0.29) is 17.3 Å². The molecule has 4 nitrogen and oxygen atoms in total. The lowest BCUT2D eigenvalue weighted by Gasteiger charge is -2.10. The first-order chi connectivity index (χ1) is 8.99. The molecule has 0 saturated heterocycles. The Morgan fingerprint density at radius 3 is 2.42 bits per heavy atom. The van der Waals surface area contributed by atoms with Gasteiger partial charge in [-0.25, -0.2) is 18.7 Å². The second-order valence-corrected chi connectivity index (χ2v) is 4.73. The number of nitrogens with one attached hydrogen (secondary N) is 1. The summed E-state index contributed by atoms with van der Waals surface area (Å²) in [4.78, 5) is 8.09. The Kier molecular flexibility index (Phi) is 3.94. The van der Waals surface area contributed by atoms with Crippen LogP contribution in [-0.4, -0.2) is 9.97 Å². The van der Waals surface area contributed by atoms with Gasteiger partial charge in [0.05, 0.1) is 0 Å². The van der Waals surface area contributed by atoms with Crippen molar-refractivity contribution >= 4 is 33.3 Å². The van der Waals surface area contributed by atoms with Crippen LogP contribution in [0.1, 0.15) is 12.7 Å². The number of anilines is 3. The summed E-state index contributed by atoms with van der Waals surface area (Å²) in [6.07, 6.45) is 0.574. The molecule has 7 heteroatoms. The fourth-order valence-corrected chi connectivity index (χ4v) is 1.93. The number of benzene rings is 1. The molecule has 0 aliphatic carbocycles. The number of nitrogens with zero attached hydrogens (tertiary/aromatic N) is 2. The van der Waals surface area contributed by atoms with Crippen molar-refractivity contribution in [1.82, 2.24) is 9.97 Å². The van der Waals surface area contributed by atoms with Crippen LogP contribution in [0, 0.1) is 11.6 Å². The van der Waals surface area contributed by atoms with Crippen LogP contribution in [-0.2, 0) is 6.42 Å². The minimum atomic E-state index is -0.720. The molecule has 2 rings (SSSR count). The van der Waals surface area contributed by atoms with Crippen LogP contribution in [0.15, 0.2) is 22.7 Å². The van der Waals surface area contributed by atoms with Gasteiger partial charge in [-0.2, -0.15) is 0 Å². The molecule has 1 heterocycles. The van der Waals surface area contributed by atoms with Crippen molar-refractivity contribution in [3.63, 3.8) is 0 Å². The van der Waals surface area contributed by atoms with Crippen LogP contribution in [0.3, 0.4) is 0 Å². The molecule has 0 saturated carbocycles. The lowest BCUT2D eigenvalue weighted by Crippen LogP contribution is -2.05. The Morgan fingerprint density at radius 2 is 1.84 bits per heavy atom. The number of halogens is 3. The molecule has 0 bridgehead atoms. The van der Waals surface area contributed by atoms with Crippen LogP contribution in [0.2, 0.25) is 0 Å². The zero-order valence-electron chi connectivity index (χ0n) is 10.0. The smallest absolute Gasteiger partial charge is 0.150 e. The van der Waals surface area contributed by atoms with E-state index in [0.29, 0.717) is 16.7 Å². The third-order valence-electron chi connectivity index (χ3n) is 2.37. The molecular weight excluding hydrogens is 318 g/mol. The monoisotopic (exact) mass is 328 g/mol. The maximum absolute atomic E-state index is 13.7. The Balaban J connectivity index is 2.39. The molecule has 2 aromatic rings. The summed E-state index contributed by atoms with van der Waals surface area (Å²) in [5.41, 5.74) is 5.33. The lowest BCUT2D eigenvalue weighted by atomic mass is 10.3. The quantitative estimate of drug-likeness (QED) is 0.906. The first kappa shape index (κ1) is 13.7. The summed E-state index contributed by atoms with van der Waals surface area (Å²) in [5.74, 6) is -0.443. The van der Waals surface area contributed by atoms with Crippen molar-refractivity contribution < 1.29 is 8.78 Å². The Hall–Kier alpha value is -1.76. The number of rotatable bonds is 3. The second kappa shape index (κ2) is 5.48. The van der Waals surface area contributed by atoms with Gasteiger partial charge in [0, 0.05) is 17.0 Å². The minimum Gasteiger partial charge on any atom is -0.384 e.